The summed E-state index contributed by atoms with van der Waals surface area (Å²) in [7, 11) is 0. The molecule has 1 fully saturated rings. The number of hydrogen-bond donors (Lipinski definition) is 1. The van der Waals surface area contributed by atoms with Crippen molar-refractivity contribution in [1.29, 1.82) is 0 Å². The third-order valence-corrected chi connectivity index (χ3v) is 4.15. The number of hydrogen-bond acceptors (Lipinski definition) is 3. The van der Waals surface area contributed by atoms with Crippen molar-refractivity contribution >= 4 is 0 Å². The van der Waals surface area contributed by atoms with Crippen LogP contribution in [-0.4, -0.2) is 29.1 Å². The van der Waals surface area contributed by atoms with Crippen LogP contribution in [0.2, 0.25) is 0 Å². The molecule has 1 aliphatic heterocycles. The van der Waals surface area contributed by atoms with E-state index in [1.807, 2.05) is 0 Å². The van der Waals surface area contributed by atoms with E-state index in [1.54, 1.807) is 0 Å². The van der Waals surface area contributed by atoms with Gasteiger partial charge < -0.3 is 15.5 Å². The Balaban J connectivity index is 2.95. The summed E-state index contributed by atoms with van der Waals surface area (Å²) >= 11 is 0. The Kier molecular flexibility index (Phi) is 6.79. The SMILES string of the molecule is C=C(C)C1CN(C(=C)CCCC)CN1/C(N)=C(\C)C=C(C)C. The van der Waals surface area contributed by atoms with Gasteiger partial charge in [-0.3, -0.25) is 0 Å². The topological polar surface area (TPSA) is 32.5 Å². The minimum absolute atomic E-state index is 0.263. The van der Waals surface area contributed by atoms with Gasteiger partial charge in [0.15, 0.2) is 0 Å². The minimum atomic E-state index is 0.263. The molecule has 1 aliphatic rings. The molecule has 0 spiro atoms. The molecule has 0 aromatic carbocycles. The molecule has 1 atom stereocenters. The normalized spacial score (nSPS) is 19.0. The second-order valence-corrected chi connectivity index (χ2v) is 6.66. The van der Waals surface area contributed by atoms with Gasteiger partial charge in [-0.1, -0.05) is 43.7 Å². The van der Waals surface area contributed by atoms with Crippen LogP contribution in [0.4, 0.5) is 0 Å². The molecule has 1 unspecified atom stereocenters. The number of allylic oxidation sites excluding steroid dienone is 4. The molecular formula is C19H33N3. The summed E-state index contributed by atoms with van der Waals surface area (Å²) in [4.78, 5) is 4.60. The number of unbranched alkanes of at least 4 members (excludes halogenated alkanes) is 1. The van der Waals surface area contributed by atoms with Crippen molar-refractivity contribution in [3.63, 3.8) is 0 Å². The summed E-state index contributed by atoms with van der Waals surface area (Å²) < 4.78 is 0. The van der Waals surface area contributed by atoms with Gasteiger partial charge in [-0.25, -0.2) is 0 Å². The fraction of sp³-hybridized carbons (Fsp3) is 0.579. The van der Waals surface area contributed by atoms with Gasteiger partial charge in [0.1, 0.15) is 5.82 Å². The molecule has 0 saturated carbocycles. The van der Waals surface area contributed by atoms with Crippen LogP contribution < -0.4 is 5.73 Å². The van der Waals surface area contributed by atoms with Crippen molar-refractivity contribution < 1.29 is 0 Å². The fourth-order valence-electron chi connectivity index (χ4n) is 2.81. The van der Waals surface area contributed by atoms with E-state index in [1.165, 1.54) is 24.1 Å². The molecule has 1 heterocycles. The van der Waals surface area contributed by atoms with Crippen LogP contribution in [0.25, 0.3) is 0 Å². The third kappa shape index (κ3) is 4.69. The minimum Gasteiger partial charge on any atom is -0.385 e. The smallest absolute Gasteiger partial charge is 0.104 e. The third-order valence-electron chi connectivity index (χ3n) is 4.15. The van der Waals surface area contributed by atoms with Crippen molar-refractivity contribution in [2.45, 2.75) is 59.9 Å². The molecule has 2 N–H and O–H groups in total. The summed E-state index contributed by atoms with van der Waals surface area (Å²) in [5.74, 6) is 0.847. The van der Waals surface area contributed by atoms with E-state index in [0.29, 0.717) is 0 Å². The van der Waals surface area contributed by atoms with Gasteiger partial charge >= 0.3 is 0 Å². The summed E-state index contributed by atoms with van der Waals surface area (Å²) in [5.41, 5.74) is 11.2. The Morgan fingerprint density at radius 2 is 1.86 bits per heavy atom. The molecule has 0 radical (unpaired) electrons. The number of nitrogens with zero attached hydrogens (tertiary/aromatic N) is 2. The van der Waals surface area contributed by atoms with Crippen molar-refractivity contribution in [2.24, 2.45) is 5.73 Å². The standard InChI is InChI=1S/C19H33N3/c1-8-9-10-17(7)21-12-18(15(4)5)22(13-21)19(20)16(6)11-14(2)3/h11,18H,4,7-10,12-13,20H2,1-3,5-6H3/b19-16+. The molecule has 124 valence electrons. The molecule has 1 saturated heterocycles. The predicted molar refractivity (Wildman–Crippen MR) is 97.0 cm³/mol. The highest BCUT2D eigenvalue weighted by Crippen LogP contribution is 2.27. The zero-order chi connectivity index (χ0) is 16.9. The molecule has 0 aromatic heterocycles. The zero-order valence-corrected chi connectivity index (χ0v) is 15.1. The first-order chi connectivity index (χ1) is 10.3. The maximum Gasteiger partial charge on any atom is 0.104 e. The molecular weight excluding hydrogens is 270 g/mol. The number of rotatable bonds is 7. The van der Waals surface area contributed by atoms with E-state index in [9.17, 15) is 0 Å². The molecule has 3 heteroatoms. The van der Waals surface area contributed by atoms with Crippen LogP contribution in [0.15, 0.2) is 47.5 Å². The Labute approximate surface area is 136 Å². The molecule has 3 nitrogen and oxygen atoms in total. The summed E-state index contributed by atoms with van der Waals surface area (Å²) in [6, 6.07) is 0.263. The summed E-state index contributed by atoms with van der Waals surface area (Å²) in [5, 5.41) is 0. The van der Waals surface area contributed by atoms with Crippen molar-refractivity contribution in [2.75, 3.05) is 13.2 Å². The molecule has 0 aromatic rings. The lowest BCUT2D eigenvalue weighted by Crippen LogP contribution is -2.35. The van der Waals surface area contributed by atoms with Crippen LogP contribution in [0, 0.1) is 0 Å². The van der Waals surface area contributed by atoms with E-state index in [-0.39, 0.29) is 6.04 Å². The maximum absolute atomic E-state index is 6.43. The van der Waals surface area contributed by atoms with Crippen molar-refractivity contribution in [1.82, 2.24) is 9.80 Å². The van der Waals surface area contributed by atoms with Crippen molar-refractivity contribution in [3.8, 4) is 0 Å². The second kappa shape index (κ2) is 8.11. The summed E-state index contributed by atoms with van der Waals surface area (Å²) in [6.07, 6.45) is 5.58. The quantitative estimate of drug-likeness (QED) is 0.560. The van der Waals surface area contributed by atoms with Crippen LogP contribution in [-0.2, 0) is 0 Å². The van der Waals surface area contributed by atoms with E-state index >= 15 is 0 Å². The highest BCUT2D eigenvalue weighted by Gasteiger charge is 2.32. The van der Waals surface area contributed by atoms with Gasteiger partial charge in [0.25, 0.3) is 0 Å². The van der Waals surface area contributed by atoms with Gasteiger partial charge in [-0.05, 0) is 46.1 Å². The lowest BCUT2D eigenvalue weighted by atomic mass is 10.1. The maximum atomic E-state index is 6.43. The molecule has 22 heavy (non-hydrogen) atoms. The van der Waals surface area contributed by atoms with Crippen LogP contribution in [0.1, 0.15) is 53.9 Å². The predicted octanol–water partition coefficient (Wildman–Crippen LogP) is 4.37. The molecule has 0 bridgehead atoms. The Bertz CT molecular complexity index is 481. The first kappa shape index (κ1) is 18.4. The highest BCUT2D eigenvalue weighted by atomic mass is 15.4. The lowest BCUT2D eigenvalue weighted by molar-refractivity contribution is 0.301. The largest absolute Gasteiger partial charge is 0.385 e. The van der Waals surface area contributed by atoms with Gasteiger partial charge in [0.2, 0.25) is 0 Å². The molecule has 1 rings (SSSR count). The van der Waals surface area contributed by atoms with Crippen LogP contribution in [0.3, 0.4) is 0 Å². The van der Waals surface area contributed by atoms with E-state index in [0.717, 1.165) is 36.6 Å². The fourth-order valence-corrected chi connectivity index (χ4v) is 2.81. The van der Waals surface area contributed by atoms with E-state index < -0.39 is 0 Å². The Hall–Kier alpha value is -1.64. The number of nitrogens with two attached hydrogens (primary N) is 1. The first-order valence-electron chi connectivity index (χ1n) is 8.23. The highest BCUT2D eigenvalue weighted by molar-refractivity contribution is 5.27. The Morgan fingerprint density at radius 3 is 2.36 bits per heavy atom. The lowest BCUT2D eigenvalue weighted by Gasteiger charge is -2.27. The van der Waals surface area contributed by atoms with Gasteiger partial charge in [0, 0.05) is 12.2 Å². The van der Waals surface area contributed by atoms with Crippen molar-refractivity contribution in [3.05, 3.63) is 47.5 Å². The van der Waals surface area contributed by atoms with Gasteiger partial charge in [-0.15, -0.1) is 0 Å². The average molecular weight is 303 g/mol. The van der Waals surface area contributed by atoms with Crippen LogP contribution >= 0.6 is 0 Å². The van der Waals surface area contributed by atoms with E-state index in [4.69, 9.17) is 5.73 Å². The first-order valence-corrected chi connectivity index (χ1v) is 8.23. The second-order valence-electron chi connectivity index (χ2n) is 6.66. The Morgan fingerprint density at radius 1 is 1.23 bits per heavy atom. The van der Waals surface area contributed by atoms with Crippen LogP contribution in [0.5, 0.6) is 0 Å². The average Bonchev–Trinajstić information content (AvgIpc) is 2.88. The van der Waals surface area contributed by atoms with Gasteiger partial charge in [0.05, 0.1) is 12.7 Å². The van der Waals surface area contributed by atoms with Gasteiger partial charge in [-0.2, -0.15) is 0 Å². The van der Waals surface area contributed by atoms with E-state index in [2.05, 4.69) is 63.7 Å². The zero-order valence-electron chi connectivity index (χ0n) is 15.1. The summed E-state index contributed by atoms with van der Waals surface area (Å²) in [6.45, 7) is 20.7. The molecule has 0 amide bonds. The molecule has 0 aliphatic carbocycles. The monoisotopic (exact) mass is 303 g/mol.